The van der Waals surface area contributed by atoms with Crippen LogP contribution >= 0.6 is 11.6 Å². The van der Waals surface area contributed by atoms with E-state index in [1.807, 2.05) is 24.3 Å². The van der Waals surface area contributed by atoms with Gasteiger partial charge in [-0.05, 0) is 43.2 Å². The van der Waals surface area contributed by atoms with Crippen LogP contribution in [0.5, 0.6) is 11.5 Å². The minimum absolute atomic E-state index is 0.224. The van der Waals surface area contributed by atoms with Crippen LogP contribution in [0.25, 0.3) is 0 Å². The van der Waals surface area contributed by atoms with Crippen molar-refractivity contribution in [2.24, 2.45) is 0 Å². The molecule has 3 aromatic rings. The van der Waals surface area contributed by atoms with Gasteiger partial charge in [-0.25, -0.2) is 0 Å². The monoisotopic (exact) mass is 466 g/mol. The molecule has 6 nitrogen and oxygen atoms in total. The van der Waals surface area contributed by atoms with Crippen LogP contribution in [0.2, 0.25) is 0 Å². The van der Waals surface area contributed by atoms with E-state index in [4.69, 9.17) is 21.1 Å². The number of Topliss-reactive ketones (excluding diaryl/α,β-unsaturated/α-hetero) is 1. The predicted octanol–water partition coefficient (Wildman–Crippen LogP) is 5.66. The first kappa shape index (κ1) is 24.3. The van der Waals surface area contributed by atoms with Crippen molar-refractivity contribution in [1.82, 2.24) is 4.98 Å². The molecule has 1 heterocycles. The summed E-state index contributed by atoms with van der Waals surface area (Å²) in [6.45, 7) is 0.883. The number of carbonyl (C=O) groups is 2. The van der Waals surface area contributed by atoms with Crippen molar-refractivity contribution >= 4 is 29.0 Å². The Morgan fingerprint density at radius 2 is 1.61 bits per heavy atom. The zero-order valence-electron chi connectivity index (χ0n) is 18.3. The molecule has 172 valence electrons. The molecule has 0 radical (unpaired) electrons. The van der Waals surface area contributed by atoms with Crippen LogP contribution in [0, 0.1) is 0 Å². The quantitative estimate of drug-likeness (QED) is 0.152. The predicted molar refractivity (Wildman–Crippen MR) is 129 cm³/mol. The van der Waals surface area contributed by atoms with Gasteiger partial charge >= 0.3 is 0 Å². The first-order valence-electron chi connectivity index (χ1n) is 10.9. The van der Waals surface area contributed by atoms with E-state index >= 15 is 0 Å². The summed E-state index contributed by atoms with van der Waals surface area (Å²) in [5.74, 6) is 0.504. The second-order valence-corrected chi connectivity index (χ2v) is 7.75. The molecule has 3 rings (SSSR count). The van der Waals surface area contributed by atoms with Gasteiger partial charge < -0.3 is 14.8 Å². The van der Waals surface area contributed by atoms with Crippen molar-refractivity contribution < 1.29 is 19.1 Å². The van der Waals surface area contributed by atoms with Crippen LogP contribution in [0.15, 0.2) is 73.1 Å². The second kappa shape index (κ2) is 13.2. The number of hydrogen-bond acceptors (Lipinski definition) is 5. The van der Waals surface area contributed by atoms with Crippen molar-refractivity contribution in [3.8, 4) is 11.5 Å². The molecule has 0 aliphatic heterocycles. The maximum atomic E-state index is 12.4. The summed E-state index contributed by atoms with van der Waals surface area (Å²) in [7, 11) is 0. The Kier molecular flexibility index (Phi) is 9.73. The van der Waals surface area contributed by atoms with Crippen LogP contribution < -0.4 is 14.8 Å². The van der Waals surface area contributed by atoms with E-state index in [0.717, 1.165) is 37.0 Å². The number of hydrogen-bond donors (Lipinski definition) is 1. The molecule has 0 saturated carbocycles. The van der Waals surface area contributed by atoms with Crippen LogP contribution in [0.1, 0.15) is 41.6 Å². The molecule has 1 aromatic heterocycles. The maximum Gasteiger partial charge on any atom is 0.296 e. The Bertz CT molecular complexity index is 1040. The number of benzene rings is 2. The van der Waals surface area contributed by atoms with E-state index in [9.17, 15) is 9.59 Å². The molecule has 0 bridgehead atoms. The van der Waals surface area contributed by atoms with Crippen LogP contribution in [0.4, 0.5) is 5.69 Å². The number of aromatic nitrogens is 1. The number of pyridine rings is 1. The zero-order chi connectivity index (χ0) is 23.3. The number of halogens is 1. The Balaban J connectivity index is 1.59. The standard InChI is InChI=1S/C26H27ClN2O4/c27-15-7-1-2-8-17-32-23-13-5-3-10-21(23)19-33-24-14-6-4-12-22(24)29-26(31)25(30)20-11-9-16-28-18-20/h3-6,9-14,16,18H,1-2,7-8,15,17,19H2,(H,29,31). The number of ketones is 1. The Hall–Kier alpha value is -3.38. The van der Waals surface area contributed by atoms with E-state index in [2.05, 4.69) is 10.3 Å². The van der Waals surface area contributed by atoms with Crippen molar-refractivity contribution in [2.75, 3.05) is 17.8 Å². The maximum absolute atomic E-state index is 12.4. The Morgan fingerprint density at radius 1 is 0.848 bits per heavy atom. The molecule has 1 amide bonds. The fraction of sp³-hybridized carbons (Fsp3) is 0.269. The van der Waals surface area contributed by atoms with Gasteiger partial charge in [-0.2, -0.15) is 0 Å². The molecule has 0 unspecified atom stereocenters. The highest BCUT2D eigenvalue weighted by atomic mass is 35.5. The van der Waals surface area contributed by atoms with Gasteiger partial charge in [-0.15, -0.1) is 11.6 Å². The van der Waals surface area contributed by atoms with E-state index in [0.29, 0.717) is 23.9 Å². The van der Waals surface area contributed by atoms with Gasteiger partial charge in [0.05, 0.1) is 12.3 Å². The van der Waals surface area contributed by atoms with E-state index < -0.39 is 11.7 Å². The van der Waals surface area contributed by atoms with Gasteiger partial charge in [0.1, 0.15) is 18.1 Å². The number of amides is 1. The Labute approximate surface area is 198 Å². The SMILES string of the molecule is O=C(Nc1ccccc1OCc1ccccc1OCCCCCCCl)C(=O)c1cccnc1. The highest BCUT2D eigenvalue weighted by Crippen LogP contribution is 2.27. The largest absolute Gasteiger partial charge is 0.493 e. The number of unbranched alkanes of at least 4 members (excludes halogenated alkanes) is 3. The smallest absolute Gasteiger partial charge is 0.296 e. The molecule has 0 aliphatic rings. The lowest BCUT2D eigenvalue weighted by molar-refractivity contribution is -0.112. The van der Waals surface area contributed by atoms with Crippen LogP contribution in [0.3, 0.4) is 0 Å². The zero-order valence-corrected chi connectivity index (χ0v) is 19.1. The Morgan fingerprint density at radius 3 is 2.39 bits per heavy atom. The highest BCUT2D eigenvalue weighted by Gasteiger charge is 2.18. The fourth-order valence-corrected chi connectivity index (χ4v) is 3.34. The summed E-state index contributed by atoms with van der Waals surface area (Å²) in [5, 5.41) is 2.64. The molecule has 0 atom stereocenters. The number of anilines is 1. The summed E-state index contributed by atoms with van der Waals surface area (Å²) in [6, 6.07) is 17.8. The summed E-state index contributed by atoms with van der Waals surface area (Å²) in [4.78, 5) is 28.7. The summed E-state index contributed by atoms with van der Waals surface area (Å²) < 4.78 is 11.9. The normalized spacial score (nSPS) is 10.5. The minimum atomic E-state index is -0.753. The molecule has 0 aliphatic carbocycles. The molecule has 1 N–H and O–H groups in total. The molecule has 0 spiro atoms. The summed E-state index contributed by atoms with van der Waals surface area (Å²) in [6.07, 6.45) is 7.07. The number of rotatable bonds is 13. The second-order valence-electron chi connectivity index (χ2n) is 7.37. The van der Waals surface area contributed by atoms with Gasteiger partial charge in [-0.3, -0.25) is 14.6 Å². The van der Waals surface area contributed by atoms with Crippen LogP contribution in [-0.2, 0) is 11.4 Å². The van der Waals surface area contributed by atoms with Crippen molar-refractivity contribution in [2.45, 2.75) is 32.3 Å². The lowest BCUT2D eigenvalue weighted by atomic mass is 10.2. The van der Waals surface area contributed by atoms with Crippen molar-refractivity contribution in [1.29, 1.82) is 0 Å². The number of ether oxygens (including phenoxy) is 2. The molecular weight excluding hydrogens is 440 g/mol. The van der Waals surface area contributed by atoms with E-state index in [1.165, 1.54) is 6.20 Å². The molecule has 0 saturated heterocycles. The molecule has 33 heavy (non-hydrogen) atoms. The minimum Gasteiger partial charge on any atom is -0.493 e. The number of para-hydroxylation sites is 3. The molecule has 0 fully saturated rings. The molecule has 2 aromatic carbocycles. The van der Waals surface area contributed by atoms with E-state index in [-0.39, 0.29) is 12.2 Å². The summed E-state index contributed by atoms with van der Waals surface area (Å²) in [5.41, 5.74) is 1.53. The number of nitrogens with one attached hydrogen (secondary N) is 1. The fourth-order valence-electron chi connectivity index (χ4n) is 3.15. The number of carbonyl (C=O) groups excluding carboxylic acids is 2. The topological polar surface area (TPSA) is 77.5 Å². The van der Waals surface area contributed by atoms with Gasteiger partial charge in [0.2, 0.25) is 0 Å². The van der Waals surface area contributed by atoms with Gasteiger partial charge in [0.25, 0.3) is 11.7 Å². The first-order chi connectivity index (χ1) is 16.2. The first-order valence-corrected chi connectivity index (χ1v) is 11.5. The third-order valence-electron chi connectivity index (χ3n) is 4.91. The van der Waals surface area contributed by atoms with E-state index in [1.54, 1.807) is 42.6 Å². The third-order valence-corrected chi connectivity index (χ3v) is 5.17. The summed E-state index contributed by atoms with van der Waals surface area (Å²) >= 11 is 5.71. The average Bonchev–Trinajstić information content (AvgIpc) is 2.86. The van der Waals surface area contributed by atoms with Crippen molar-refractivity contribution in [3.05, 3.63) is 84.2 Å². The number of alkyl halides is 1. The van der Waals surface area contributed by atoms with Crippen LogP contribution in [-0.4, -0.2) is 29.2 Å². The molecular formula is C26H27ClN2O4. The van der Waals surface area contributed by atoms with Gasteiger partial charge in [0, 0.05) is 29.4 Å². The van der Waals surface area contributed by atoms with Gasteiger partial charge in [-0.1, -0.05) is 43.2 Å². The molecule has 7 heteroatoms. The lowest BCUT2D eigenvalue weighted by Crippen LogP contribution is -2.23. The van der Waals surface area contributed by atoms with Gasteiger partial charge in [0.15, 0.2) is 0 Å². The highest BCUT2D eigenvalue weighted by molar-refractivity contribution is 6.46. The average molecular weight is 467 g/mol. The lowest BCUT2D eigenvalue weighted by Gasteiger charge is -2.15. The number of nitrogens with zero attached hydrogens (tertiary/aromatic N) is 1. The third kappa shape index (κ3) is 7.61. The van der Waals surface area contributed by atoms with Crippen molar-refractivity contribution in [3.63, 3.8) is 0 Å².